The number of imidazole rings is 1. The van der Waals surface area contributed by atoms with Crippen LogP contribution in [0.15, 0.2) is 48.1 Å². The normalized spacial score (nSPS) is 10.9. The molecule has 3 aromatic heterocycles. The summed E-state index contributed by atoms with van der Waals surface area (Å²) in [4.78, 5) is 29.7. The molecule has 0 saturated carbocycles. The number of pyridine rings is 1. The highest BCUT2D eigenvalue weighted by atomic mass is 32.1. The van der Waals surface area contributed by atoms with E-state index in [0.29, 0.717) is 22.0 Å². The number of nitrogens with one attached hydrogen (secondary N) is 1. The fourth-order valence-corrected chi connectivity index (χ4v) is 4.47. The molecule has 0 aliphatic rings. The third kappa shape index (κ3) is 4.22. The third-order valence-corrected chi connectivity index (χ3v) is 5.94. The van der Waals surface area contributed by atoms with Crippen LogP contribution in [0.1, 0.15) is 27.2 Å². The zero-order chi connectivity index (χ0) is 22.8. The standard InChI is InChI=1S/C24H23N3O4S/c1-14-7-8-15(2)17(10-14)18-13-32-23(21(18)24(29)30-4)26-20(28)12-31-19-6-5-9-27-11-16(3)25-22(19)27/h5-11,13H,12H2,1-4H3,(H,26,28). The largest absolute Gasteiger partial charge is 0.480 e. The first-order chi connectivity index (χ1) is 15.4. The van der Waals surface area contributed by atoms with Gasteiger partial charge in [0.05, 0.1) is 12.8 Å². The molecule has 0 aliphatic carbocycles. The van der Waals surface area contributed by atoms with E-state index in [-0.39, 0.29) is 12.5 Å². The Bertz CT molecular complexity index is 1320. The van der Waals surface area contributed by atoms with E-state index in [2.05, 4.69) is 10.3 Å². The van der Waals surface area contributed by atoms with Crippen molar-refractivity contribution in [1.29, 1.82) is 0 Å². The molecule has 0 fully saturated rings. The lowest BCUT2D eigenvalue weighted by atomic mass is 9.97. The second-order valence-corrected chi connectivity index (χ2v) is 8.37. The summed E-state index contributed by atoms with van der Waals surface area (Å²) in [6, 6.07) is 9.63. The molecule has 0 bridgehead atoms. The quantitative estimate of drug-likeness (QED) is 0.428. The number of rotatable bonds is 6. The molecule has 7 nitrogen and oxygen atoms in total. The van der Waals surface area contributed by atoms with Gasteiger partial charge in [0.1, 0.15) is 10.6 Å². The number of aromatic nitrogens is 2. The number of esters is 1. The molecule has 4 rings (SSSR count). The summed E-state index contributed by atoms with van der Waals surface area (Å²) < 4.78 is 12.6. The van der Waals surface area contributed by atoms with Gasteiger partial charge in [-0.05, 0) is 44.0 Å². The number of fused-ring (bicyclic) bond motifs is 1. The molecule has 0 saturated heterocycles. The minimum absolute atomic E-state index is 0.219. The Morgan fingerprint density at radius 2 is 1.97 bits per heavy atom. The van der Waals surface area contributed by atoms with E-state index in [4.69, 9.17) is 9.47 Å². The van der Waals surface area contributed by atoms with E-state index in [1.54, 1.807) is 6.07 Å². The van der Waals surface area contributed by atoms with Crippen molar-refractivity contribution < 1.29 is 19.1 Å². The fraction of sp³-hybridized carbons (Fsp3) is 0.208. The molecule has 0 atom stereocenters. The zero-order valence-electron chi connectivity index (χ0n) is 18.3. The van der Waals surface area contributed by atoms with E-state index < -0.39 is 5.97 Å². The van der Waals surface area contributed by atoms with E-state index in [1.165, 1.54) is 18.4 Å². The number of carbonyl (C=O) groups excluding carboxylic acids is 2. The molecule has 8 heteroatoms. The van der Waals surface area contributed by atoms with Gasteiger partial charge in [-0.2, -0.15) is 0 Å². The van der Waals surface area contributed by atoms with Gasteiger partial charge in [-0.25, -0.2) is 9.78 Å². The first-order valence-electron chi connectivity index (χ1n) is 10.0. The average molecular weight is 450 g/mol. The molecule has 0 unspecified atom stereocenters. The van der Waals surface area contributed by atoms with Crippen molar-refractivity contribution in [2.75, 3.05) is 19.0 Å². The average Bonchev–Trinajstić information content (AvgIpc) is 3.36. The van der Waals surface area contributed by atoms with Gasteiger partial charge >= 0.3 is 5.97 Å². The molecular weight excluding hydrogens is 426 g/mol. The third-order valence-electron chi connectivity index (χ3n) is 5.04. The van der Waals surface area contributed by atoms with Gasteiger partial charge in [0.25, 0.3) is 5.91 Å². The number of anilines is 1. The Labute approximate surface area is 189 Å². The van der Waals surface area contributed by atoms with Crippen LogP contribution in [0.5, 0.6) is 5.75 Å². The van der Waals surface area contributed by atoms with Crippen LogP contribution in [0, 0.1) is 20.8 Å². The molecule has 32 heavy (non-hydrogen) atoms. The summed E-state index contributed by atoms with van der Waals surface area (Å²) in [7, 11) is 1.33. The molecule has 0 radical (unpaired) electrons. The highest BCUT2D eigenvalue weighted by molar-refractivity contribution is 7.15. The summed E-state index contributed by atoms with van der Waals surface area (Å²) in [6.07, 6.45) is 3.75. The molecule has 0 aliphatic heterocycles. The van der Waals surface area contributed by atoms with Crippen LogP contribution in [0.4, 0.5) is 5.00 Å². The smallest absolute Gasteiger partial charge is 0.341 e. The molecule has 4 aromatic rings. The molecule has 0 spiro atoms. The van der Waals surface area contributed by atoms with Crippen LogP contribution < -0.4 is 10.1 Å². The van der Waals surface area contributed by atoms with Crippen LogP contribution >= 0.6 is 11.3 Å². The number of methoxy groups -OCH3 is 1. The molecule has 1 aromatic carbocycles. The van der Waals surface area contributed by atoms with Crippen LogP contribution in [-0.2, 0) is 9.53 Å². The maximum absolute atomic E-state index is 12.6. The van der Waals surface area contributed by atoms with Gasteiger partial charge < -0.3 is 19.2 Å². The Balaban J connectivity index is 1.57. The number of hydrogen-bond acceptors (Lipinski definition) is 6. The second kappa shape index (κ2) is 8.84. The molecule has 1 N–H and O–H groups in total. The molecular formula is C24H23N3O4S. The number of carbonyl (C=O) groups is 2. The van der Waals surface area contributed by atoms with Crippen LogP contribution in [0.3, 0.4) is 0 Å². The van der Waals surface area contributed by atoms with E-state index in [9.17, 15) is 9.59 Å². The van der Waals surface area contributed by atoms with Gasteiger partial charge in [-0.3, -0.25) is 4.79 Å². The van der Waals surface area contributed by atoms with Crippen LogP contribution in [-0.4, -0.2) is 35.0 Å². The first kappa shape index (κ1) is 21.6. The summed E-state index contributed by atoms with van der Waals surface area (Å²) in [5.41, 5.74) is 5.60. The van der Waals surface area contributed by atoms with Crippen molar-refractivity contribution in [3.63, 3.8) is 0 Å². The monoisotopic (exact) mass is 449 g/mol. The lowest BCUT2D eigenvalue weighted by Crippen LogP contribution is -2.21. The Morgan fingerprint density at radius 1 is 1.16 bits per heavy atom. The maximum atomic E-state index is 12.6. The first-order valence-corrected chi connectivity index (χ1v) is 10.9. The number of ether oxygens (including phenoxy) is 2. The number of hydrogen-bond donors (Lipinski definition) is 1. The summed E-state index contributed by atoms with van der Waals surface area (Å²) in [6.45, 7) is 5.65. The summed E-state index contributed by atoms with van der Waals surface area (Å²) in [5, 5.41) is 5.09. The van der Waals surface area contributed by atoms with Crippen molar-refractivity contribution in [2.24, 2.45) is 0 Å². The van der Waals surface area contributed by atoms with Gasteiger partial charge in [0.2, 0.25) is 0 Å². The topological polar surface area (TPSA) is 81.9 Å². The van der Waals surface area contributed by atoms with Crippen molar-refractivity contribution in [1.82, 2.24) is 9.38 Å². The van der Waals surface area contributed by atoms with E-state index in [1.807, 2.05) is 67.2 Å². The molecule has 3 heterocycles. The van der Waals surface area contributed by atoms with E-state index >= 15 is 0 Å². The number of nitrogens with zero attached hydrogens (tertiary/aromatic N) is 2. The highest BCUT2D eigenvalue weighted by Crippen LogP contribution is 2.38. The van der Waals surface area contributed by atoms with Crippen molar-refractivity contribution >= 4 is 33.9 Å². The van der Waals surface area contributed by atoms with E-state index in [0.717, 1.165) is 27.9 Å². The number of thiophene rings is 1. The lowest BCUT2D eigenvalue weighted by molar-refractivity contribution is -0.118. The number of amides is 1. The van der Waals surface area contributed by atoms with Crippen LogP contribution in [0.25, 0.3) is 16.8 Å². The number of aryl methyl sites for hydroxylation is 3. The Kier molecular flexibility index (Phi) is 5.96. The van der Waals surface area contributed by atoms with Gasteiger partial charge in [0, 0.05) is 23.3 Å². The lowest BCUT2D eigenvalue weighted by Gasteiger charge is -2.11. The SMILES string of the molecule is COC(=O)c1c(-c2cc(C)ccc2C)csc1NC(=O)COc1cccn2cc(C)nc12. The minimum atomic E-state index is -0.504. The van der Waals surface area contributed by atoms with Gasteiger partial charge in [-0.1, -0.05) is 23.8 Å². The zero-order valence-corrected chi connectivity index (χ0v) is 19.1. The maximum Gasteiger partial charge on any atom is 0.341 e. The van der Waals surface area contributed by atoms with Crippen molar-refractivity contribution in [3.05, 3.63) is 70.5 Å². The summed E-state index contributed by atoms with van der Waals surface area (Å²) in [5.74, 6) is -0.378. The molecule has 164 valence electrons. The Hall–Kier alpha value is -3.65. The van der Waals surface area contributed by atoms with Gasteiger partial charge in [-0.15, -0.1) is 11.3 Å². The summed E-state index contributed by atoms with van der Waals surface area (Å²) >= 11 is 1.28. The second-order valence-electron chi connectivity index (χ2n) is 7.49. The molecule has 1 amide bonds. The van der Waals surface area contributed by atoms with Gasteiger partial charge in [0.15, 0.2) is 18.0 Å². The highest BCUT2D eigenvalue weighted by Gasteiger charge is 2.23. The number of benzene rings is 1. The van der Waals surface area contributed by atoms with Crippen LogP contribution in [0.2, 0.25) is 0 Å². The predicted octanol–water partition coefficient (Wildman–Crippen LogP) is 4.79. The van der Waals surface area contributed by atoms with Crippen molar-refractivity contribution in [3.8, 4) is 16.9 Å². The minimum Gasteiger partial charge on any atom is -0.480 e. The van der Waals surface area contributed by atoms with Crippen molar-refractivity contribution in [2.45, 2.75) is 20.8 Å². The predicted molar refractivity (Wildman–Crippen MR) is 125 cm³/mol. The Morgan fingerprint density at radius 3 is 2.75 bits per heavy atom. The fourth-order valence-electron chi connectivity index (χ4n) is 3.51.